The second kappa shape index (κ2) is 7.65. The fourth-order valence-electron chi connectivity index (χ4n) is 1.60. The van der Waals surface area contributed by atoms with Crippen LogP contribution in [-0.2, 0) is 9.47 Å². The molecule has 0 aliphatic rings. The molecule has 4 heteroatoms. The fraction of sp³-hybridized carbons (Fsp3) is 0.909. The Labute approximate surface area is 93.2 Å². The molecule has 0 bridgehead atoms. The molecule has 0 saturated carbocycles. The molecule has 0 atom stereocenters. The largest absolute Gasteiger partial charge is 0.351 e. The molecule has 4 nitrogen and oxygen atoms in total. The lowest BCUT2D eigenvalue weighted by Crippen LogP contribution is -2.33. The summed E-state index contributed by atoms with van der Waals surface area (Å²) in [5.41, 5.74) is 0.968. The molecule has 0 unspecified atom stereocenters. The molecule has 0 saturated heterocycles. The fourth-order valence-corrected chi connectivity index (χ4v) is 1.60. The van der Waals surface area contributed by atoms with Crippen molar-refractivity contribution in [3.8, 4) is 0 Å². The van der Waals surface area contributed by atoms with Crippen LogP contribution in [0.25, 0.3) is 0 Å². The maximum absolute atomic E-state index is 5.27. The highest BCUT2D eigenvalue weighted by molar-refractivity contribution is 5.89. The lowest BCUT2D eigenvalue weighted by atomic mass is 9.97. The van der Waals surface area contributed by atoms with E-state index in [2.05, 4.69) is 18.9 Å². The van der Waals surface area contributed by atoms with Crippen LogP contribution in [0.3, 0.4) is 0 Å². The Kier molecular flexibility index (Phi) is 7.34. The highest BCUT2D eigenvalue weighted by atomic mass is 16.7. The van der Waals surface area contributed by atoms with Crippen molar-refractivity contribution in [1.29, 1.82) is 0 Å². The van der Waals surface area contributed by atoms with Gasteiger partial charge in [-0.25, -0.2) is 0 Å². The van der Waals surface area contributed by atoms with Crippen LogP contribution in [0.4, 0.5) is 0 Å². The maximum Gasteiger partial charge on any atom is 0.198 e. The van der Waals surface area contributed by atoms with Gasteiger partial charge in [-0.05, 0) is 12.8 Å². The predicted molar refractivity (Wildman–Crippen MR) is 63.0 cm³/mol. The van der Waals surface area contributed by atoms with Gasteiger partial charge in [-0.3, -0.25) is 0 Å². The number of hydrogen-bond acceptors (Lipinski definition) is 4. The summed E-state index contributed by atoms with van der Waals surface area (Å²) in [7, 11) is 7.10. The highest BCUT2D eigenvalue weighted by Crippen LogP contribution is 2.15. The van der Waals surface area contributed by atoms with Crippen molar-refractivity contribution in [3.63, 3.8) is 0 Å². The average molecular weight is 216 g/mol. The average Bonchev–Trinajstić information content (AvgIpc) is 2.20. The molecule has 0 heterocycles. The summed E-state index contributed by atoms with van der Waals surface area (Å²) in [6.45, 7) is 4.31. The zero-order valence-corrected chi connectivity index (χ0v) is 10.8. The van der Waals surface area contributed by atoms with Crippen molar-refractivity contribution in [3.05, 3.63) is 0 Å². The Morgan fingerprint density at radius 2 is 1.60 bits per heavy atom. The quantitative estimate of drug-likeness (QED) is 0.370. The molecule has 0 amide bonds. The summed E-state index contributed by atoms with van der Waals surface area (Å²) in [6, 6.07) is 0. The molecule has 0 rings (SSSR count). The molecule has 0 aliphatic carbocycles. The SMILES string of the molecule is CCC(CC)C(=NN(C)C)C(OC)OC. The first-order valence-corrected chi connectivity index (χ1v) is 5.41. The van der Waals surface area contributed by atoms with Gasteiger partial charge < -0.3 is 14.5 Å². The topological polar surface area (TPSA) is 34.1 Å². The van der Waals surface area contributed by atoms with Crippen molar-refractivity contribution in [2.45, 2.75) is 33.0 Å². The van der Waals surface area contributed by atoms with E-state index in [1.165, 1.54) is 0 Å². The molecular formula is C11H24N2O2. The van der Waals surface area contributed by atoms with Crippen molar-refractivity contribution in [1.82, 2.24) is 5.01 Å². The van der Waals surface area contributed by atoms with E-state index >= 15 is 0 Å². The van der Waals surface area contributed by atoms with E-state index in [1.807, 2.05) is 14.1 Å². The Hall–Kier alpha value is -0.610. The Morgan fingerprint density at radius 1 is 1.13 bits per heavy atom. The van der Waals surface area contributed by atoms with Gasteiger partial charge in [-0.1, -0.05) is 13.8 Å². The number of methoxy groups -OCH3 is 2. The summed E-state index contributed by atoms with van der Waals surface area (Å²) in [5.74, 6) is 0.414. The van der Waals surface area contributed by atoms with Gasteiger partial charge in [0, 0.05) is 34.2 Å². The van der Waals surface area contributed by atoms with Crippen molar-refractivity contribution in [2.75, 3.05) is 28.3 Å². The summed E-state index contributed by atoms with van der Waals surface area (Å²) in [6.07, 6.45) is 1.76. The molecule has 0 spiro atoms. The molecular weight excluding hydrogens is 192 g/mol. The van der Waals surface area contributed by atoms with Crippen LogP contribution in [0.1, 0.15) is 26.7 Å². The number of rotatable bonds is 7. The summed E-state index contributed by atoms with van der Waals surface area (Å²) in [5, 5.41) is 6.25. The lowest BCUT2D eigenvalue weighted by molar-refractivity contribution is -0.0559. The normalized spacial score (nSPS) is 12.7. The summed E-state index contributed by atoms with van der Waals surface area (Å²) in [4.78, 5) is 0. The molecule has 0 N–H and O–H groups in total. The number of hydrazone groups is 1. The van der Waals surface area contributed by atoms with Gasteiger partial charge in [-0.2, -0.15) is 5.10 Å². The van der Waals surface area contributed by atoms with Gasteiger partial charge in [0.2, 0.25) is 0 Å². The van der Waals surface area contributed by atoms with E-state index in [-0.39, 0.29) is 6.29 Å². The van der Waals surface area contributed by atoms with Crippen LogP contribution in [0.15, 0.2) is 5.10 Å². The first kappa shape index (κ1) is 14.4. The van der Waals surface area contributed by atoms with Crippen LogP contribution < -0.4 is 0 Å². The minimum Gasteiger partial charge on any atom is -0.351 e. The number of hydrogen-bond donors (Lipinski definition) is 0. The zero-order chi connectivity index (χ0) is 11.8. The van der Waals surface area contributed by atoms with E-state index in [9.17, 15) is 0 Å². The van der Waals surface area contributed by atoms with Gasteiger partial charge in [0.15, 0.2) is 6.29 Å². The van der Waals surface area contributed by atoms with Crippen LogP contribution in [0, 0.1) is 5.92 Å². The van der Waals surface area contributed by atoms with E-state index < -0.39 is 0 Å². The van der Waals surface area contributed by atoms with Crippen molar-refractivity contribution in [2.24, 2.45) is 11.0 Å². The van der Waals surface area contributed by atoms with Crippen LogP contribution >= 0.6 is 0 Å². The minimum atomic E-state index is -0.336. The number of nitrogens with zero attached hydrogens (tertiary/aromatic N) is 2. The van der Waals surface area contributed by atoms with Crippen molar-refractivity contribution >= 4 is 5.71 Å². The maximum atomic E-state index is 5.27. The summed E-state index contributed by atoms with van der Waals surface area (Å²) < 4.78 is 10.5. The van der Waals surface area contributed by atoms with Crippen LogP contribution in [-0.4, -0.2) is 45.3 Å². The lowest BCUT2D eigenvalue weighted by Gasteiger charge is -2.23. The first-order valence-electron chi connectivity index (χ1n) is 5.41. The van der Waals surface area contributed by atoms with E-state index in [1.54, 1.807) is 19.2 Å². The molecule has 0 aromatic heterocycles. The third kappa shape index (κ3) is 4.62. The van der Waals surface area contributed by atoms with Crippen molar-refractivity contribution < 1.29 is 9.47 Å². The number of ether oxygens (including phenoxy) is 2. The molecule has 0 aromatic carbocycles. The molecule has 0 radical (unpaired) electrons. The molecule has 0 fully saturated rings. The third-order valence-corrected chi connectivity index (χ3v) is 2.39. The predicted octanol–water partition coefficient (Wildman–Crippen LogP) is 1.96. The Morgan fingerprint density at radius 3 is 1.87 bits per heavy atom. The highest BCUT2D eigenvalue weighted by Gasteiger charge is 2.22. The Balaban J connectivity index is 4.85. The minimum absolute atomic E-state index is 0.336. The molecule has 0 aromatic rings. The van der Waals surface area contributed by atoms with Gasteiger partial charge in [0.1, 0.15) is 0 Å². The summed E-state index contributed by atoms with van der Waals surface area (Å²) >= 11 is 0. The molecule has 90 valence electrons. The van der Waals surface area contributed by atoms with Gasteiger partial charge >= 0.3 is 0 Å². The van der Waals surface area contributed by atoms with E-state index in [0.29, 0.717) is 5.92 Å². The second-order valence-electron chi connectivity index (χ2n) is 3.69. The molecule has 0 aliphatic heterocycles. The zero-order valence-electron chi connectivity index (χ0n) is 10.8. The van der Waals surface area contributed by atoms with Crippen LogP contribution in [0.5, 0.6) is 0 Å². The van der Waals surface area contributed by atoms with Gasteiger partial charge in [0.05, 0.1) is 5.71 Å². The Bertz CT molecular complexity index is 171. The molecule has 15 heavy (non-hydrogen) atoms. The third-order valence-electron chi connectivity index (χ3n) is 2.39. The van der Waals surface area contributed by atoms with E-state index in [0.717, 1.165) is 18.6 Å². The second-order valence-corrected chi connectivity index (χ2v) is 3.69. The first-order chi connectivity index (χ1) is 7.10. The smallest absolute Gasteiger partial charge is 0.198 e. The van der Waals surface area contributed by atoms with Gasteiger partial charge in [-0.15, -0.1) is 0 Å². The van der Waals surface area contributed by atoms with Crippen LogP contribution in [0.2, 0.25) is 0 Å². The van der Waals surface area contributed by atoms with E-state index in [4.69, 9.17) is 9.47 Å². The standard InChI is InChI=1S/C11H24N2O2/c1-7-9(8-2)10(12-13(3)4)11(14-5)15-6/h9,11H,7-8H2,1-6H3. The van der Waals surface area contributed by atoms with Gasteiger partial charge in [0.25, 0.3) is 0 Å². The monoisotopic (exact) mass is 216 g/mol.